The van der Waals surface area contributed by atoms with E-state index in [2.05, 4.69) is 20.2 Å². The molecule has 1 aliphatic rings. The molecule has 0 unspecified atom stereocenters. The predicted molar refractivity (Wildman–Crippen MR) is 91.4 cm³/mol. The molecule has 5 nitrogen and oxygen atoms in total. The molecule has 0 saturated carbocycles. The van der Waals surface area contributed by atoms with Crippen LogP contribution in [-0.4, -0.2) is 29.0 Å². The molecule has 1 fully saturated rings. The van der Waals surface area contributed by atoms with Crippen molar-refractivity contribution < 1.29 is 9.18 Å². The van der Waals surface area contributed by atoms with Gasteiger partial charge in [0.1, 0.15) is 18.0 Å². The van der Waals surface area contributed by atoms with Gasteiger partial charge in [0.05, 0.1) is 11.1 Å². The van der Waals surface area contributed by atoms with Crippen molar-refractivity contribution in [3.63, 3.8) is 0 Å². The molecule has 126 valence electrons. The summed E-state index contributed by atoms with van der Waals surface area (Å²) in [6.45, 7) is 5.23. The summed E-state index contributed by atoms with van der Waals surface area (Å²) in [5, 5.41) is 2.73. The van der Waals surface area contributed by atoms with Crippen molar-refractivity contribution >= 4 is 17.4 Å². The zero-order chi connectivity index (χ0) is 17.2. The van der Waals surface area contributed by atoms with Gasteiger partial charge in [-0.05, 0) is 38.8 Å². The zero-order valence-electron chi connectivity index (χ0n) is 13.9. The normalized spacial score (nSPS) is 20.7. The number of carbonyl (C=O) groups is 1. The molecule has 24 heavy (non-hydrogen) atoms. The lowest BCUT2D eigenvalue weighted by atomic mass is 9.81. The van der Waals surface area contributed by atoms with Crippen LogP contribution in [-0.2, 0) is 4.79 Å². The van der Waals surface area contributed by atoms with Gasteiger partial charge in [-0.3, -0.25) is 4.79 Å². The Morgan fingerprint density at radius 2 is 2.12 bits per heavy atom. The fourth-order valence-electron chi connectivity index (χ4n) is 3.07. The second-order valence-electron chi connectivity index (χ2n) is 6.54. The van der Waals surface area contributed by atoms with Gasteiger partial charge in [-0.2, -0.15) is 0 Å². The molecule has 2 aromatic rings. The van der Waals surface area contributed by atoms with Crippen LogP contribution >= 0.6 is 0 Å². The number of piperidine rings is 1. The summed E-state index contributed by atoms with van der Waals surface area (Å²) >= 11 is 0. The number of carbonyl (C=O) groups excluding carboxylic acids is 1. The van der Waals surface area contributed by atoms with E-state index in [9.17, 15) is 9.18 Å². The van der Waals surface area contributed by atoms with Gasteiger partial charge in [0, 0.05) is 24.8 Å². The highest BCUT2D eigenvalue weighted by Gasteiger charge is 2.38. The number of nitrogens with zero attached hydrogens (tertiary/aromatic N) is 3. The summed E-state index contributed by atoms with van der Waals surface area (Å²) in [5.74, 6) is 0.240. The van der Waals surface area contributed by atoms with Crippen molar-refractivity contribution in [1.82, 2.24) is 9.97 Å². The largest absolute Gasteiger partial charge is 0.355 e. The van der Waals surface area contributed by atoms with Crippen LogP contribution < -0.4 is 10.2 Å². The smallest absolute Gasteiger partial charge is 0.232 e. The molecule has 1 aromatic carbocycles. The molecule has 1 N–H and O–H groups in total. The highest BCUT2D eigenvalue weighted by Crippen LogP contribution is 2.33. The molecule has 2 heterocycles. The van der Waals surface area contributed by atoms with Gasteiger partial charge >= 0.3 is 0 Å². The second kappa shape index (κ2) is 6.55. The van der Waals surface area contributed by atoms with E-state index >= 15 is 0 Å². The average Bonchev–Trinajstić information content (AvgIpc) is 2.57. The van der Waals surface area contributed by atoms with Gasteiger partial charge in [-0.1, -0.05) is 12.1 Å². The van der Waals surface area contributed by atoms with Crippen LogP contribution in [0.15, 0.2) is 36.7 Å². The van der Waals surface area contributed by atoms with Crippen molar-refractivity contribution in [1.29, 1.82) is 0 Å². The fraction of sp³-hybridized carbons (Fsp3) is 0.389. The lowest BCUT2D eigenvalue weighted by molar-refractivity contribution is -0.125. The molecule has 1 saturated heterocycles. The average molecular weight is 328 g/mol. The van der Waals surface area contributed by atoms with E-state index in [0.717, 1.165) is 30.9 Å². The monoisotopic (exact) mass is 328 g/mol. The Balaban J connectivity index is 1.76. The Morgan fingerprint density at radius 3 is 2.88 bits per heavy atom. The third-order valence-electron chi connectivity index (χ3n) is 4.48. The number of hydrogen-bond acceptors (Lipinski definition) is 4. The maximum absolute atomic E-state index is 13.8. The number of benzene rings is 1. The van der Waals surface area contributed by atoms with E-state index in [0.29, 0.717) is 6.54 Å². The van der Waals surface area contributed by atoms with E-state index < -0.39 is 11.2 Å². The number of rotatable bonds is 3. The zero-order valence-corrected chi connectivity index (χ0v) is 13.9. The molecule has 1 aliphatic heterocycles. The van der Waals surface area contributed by atoms with E-state index in [1.807, 2.05) is 19.9 Å². The van der Waals surface area contributed by atoms with Crippen LogP contribution in [0.25, 0.3) is 0 Å². The minimum Gasteiger partial charge on any atom is -0.355 e. The van der Waals surface area contributed by atoms with Gasteiger partial charge < -0.3 is 10.2 Å². The van der Waals surface area contributed by atoms with Crippen molar-refractivity contribution in [2.45, 2.75) is 26.7 Å². The molecular formula is C18H21FN4O. The third-order valence-corrected chi connectivity index (χ3v) is 4.48. The predicted octanol–water partition coefficient (Wildman–Crippen LogP) is 3.17. The standard InChI is InChI=1S/C18H21FN4O/c1-13-10-16(21-12-20-13)23-9-5-8-18(2,11-23)17(24)22-15-7-4-3-6-14(15)19/h3-4,6-7,10,12H,5,8-9,11H2,1-2H3,(H,22,24)/t18-/m0/s1. The summed E-state index contributed by atoms with van der Waals surface area (Å²) < 4.78 is 13.8. The fourth-order valence-corrected chi connectivity index (χ4v) is 3.07. The Morgan fingerprint density at radius 1 is 1.33 bits per heavy atom. The summed E-state index contributed by atoms with van der Waals surface area (Å²) in [4.78, 5) is 23.3. The number of halogens is 1. The first-order valence-electron chi connectivity index (χ1n) is 8.07. The van der Waals surface area contributed by atoms with Crippen molar-refractivity contribution in [2.24, 2.45) is 5.41 Å². The van der Waals surface area contributed by atoms with Crippen LogP contribution in [0.5, 0.6) is 0 Å². The number of aromatic nitrogens is 2. The highest BCUT2D eigenvalue weighted by atomic mass is 19.1. The number of anilines is 2. The molecule has 0 bridgehead atoms. The molecule has 1 atom stereocenters. The van der Waals surface area contributed by atoms with Crippen LogP contribution in [0.2, 0.25) is 0 Å². The number of aryl methyl sites for hydroxylation is 1. The summed E-state index contributed by atoms with van der Waals surface area (Å²) in [5.41, 5.74) is 0.515. The maximum Gasteiger partial charge on any atom is 0.232 e. The van der Waals surface area contributed by atoms with E-state index in [1.54, 1.807) is 18.2 Å². The SMILES string of the molecule is Cc1cc(N2CCC[C@](C)(C(=O)Nc3ccccc3F)C2)ncn1. The summed E-state index contributed by atoms with van der Waals surface area (Å²) in [6, 6.07) is 8.14. The lowest BCUT2D eigenvalue weighted by Gasteiger charge is -2.39. The van der Waals surface area contributed by atoms with Gasteiger partial charge in [-0.25, -0.2) is 14.4 Å². The second-order valence-corrected chi connectivity index (χ2v) is 6.54. The van der Waals surface area contributed by atoms with E-state index in [1.165, 1.54) is 12.4 Å². The van der Waals surface area contributed by atoms with Gasteiger partial charge in [0.15, 0.2) is 0 Å². The first-order chi connectivity index (χ1) is 11.5. The molecule has 0 aliphatic carbocycles. The quantitative estimate of drug-likeness (QED) is 0.940. The first-order valence-corrected chi connectivity index (χ1v) is 8.07. The van der Waals surface area contributed by atoms with Gasteiger partial charge in [0.25, 0.3) is 0 Å². The number of para-hydroxylation sites is 1. The van der Waals surface area contributed by atoms with Crippen LogP contribution in [0.1, 0.15) is 25.5 Å². The molecule has 0 radical (unpaired) electrons. The molecule has 3 rings (SSSR count). The van der Waals surface area contributed by atoms with Crippen LogP contribution in [0.3, 0.4) is 0 Å². The van der Waals surface area contributed by atoms with E-state index in [4.69, 9.17) is 0 Å². The molecule has 1 amide bonds. The molecular weight excluding hydrogens is 307 g/mol. The lowest BCUT2D eigenvalue weighted by Crippen LogP contribution is -2.48. The highest BCUT2D eigenvalue weighted by molar-refractivity contribution is 5.95. The summed E-state index contributed by atoms with van der Waals surface area (Å²) in [7, 11) is 0. The Kier molecular flexibility index (Phi) is 4.46. The number of nitrogens with one attached hydrogen (secondary N) is 1. The Bertz CT molecular complexity index is 751. The van der Waals surface area contributed by atoms with Crippen LogP contribution in [0, 0.1) is 18.2 Å². The number of amides is 1. The molecule has 6 heteroatoms. The topological polar surface area (TPSA) is 58.1 Å². The third kappa shape index (κ3) is 3.37. The van der Waals surface area contributed by atoms with Crippen LogP contribution in [0.4, 0.5) is 15.9 Å². The van der Waals surface area contributed by atoms with Crippen molar-refractivity contribution in [3.8, 4) is 0 Å². The minimum atomic E-state index is -0.598. The molecule has 1 aromatic heterocycles. The van der Waals surface area contributed by atoms with Crippen molar-refractivity contribution in [2.75, 3.05) is 23.3 Å². The van der Waals surface area contributed by atoms with Gasteiger partial charge in [0.2, 0.25) is 5.91 Å². The first kappa shape index (κ1) is 16.4. The summed E-state index contributed by atoms with van der Waals surface area (Å²) in [6.07, 6.45) is 3.17. The minimum absolute atomic E-state index is 0.164. The van der Waals surface area contributed by atoms with Gasteiger partial charge in [-0.15, -0.1) is 0 Å². The van der Waals surface area contributed by atoms with E-state index in [-0.39, 0.29) is 11.6 Å². The Labute approximate surface area is 140 Å². The number of hydrogen-bond donors (Lipinski definition) is 1. The molecule has 0 spiro atoms. The van der Waals surface area contributed by atoms with Crippen molar-refractivity contribution in [3.05, 3.63) is 48.2 Å². The maximum atomic E-state index is 13.8. The Hall–Kier alpha value is -2.50.